The van der Waals surface area contributed by atoms with E-state index in [9.17, 15) is 9.59 Å². The summed E-state index contributed by atoms with van der Waals surface area (Å²) in [6.45, 7) is 5.44. The van der Waals surface area contributed by atoms with E-state index in [1.807, 2.05) is 13.8 Å². The van der Waals surface area contributed by atoms with Crippen molar-refractivity contribution in [3.05, 3.63) is 26.6 Å². The van der Waals surface area contributed by atoms with Crippen LogP contribution in [0.15, 0.2) is 15.5 Å². The third-order valence-corrected chi connectivity index (χ3v) is 3.20. The topological polar surface area (TPSA) is 77.1 Å². The van der Waals surface area contributed by atoms with Gasteiger partial charge in [-0.3, -0.25) is 9.59 Å². The first-order valence-electron chi connectivity index (χ1n) is 5.27. The summed E-state index contributed by atoms with van der Waals surface area (Å²) in [6, 6.07) is 0.0458. The molecule has 1 aromatic heterocycles. The van der Waals surface area contributed by atoms with Crippen molar-refractivity contribution in [2.75, 3.05) is 5.73 Å². The average Bonchev–Trinajstić information content (AvgIpc) is 2.21. The molecule has 0 aliphatic rings. The van der Waals surface area contributed by atoms with Crippen LogP contribution in [-0.4, -0.2) is 16.5 Å². The predicted octanol–water partition coefficient (Wildman–Crippen LogP) is 1.03. The summed E-state index contributed by atoms with van der Waals surface area (Å²) in [5.41, 5.74) is 6.66. The van der Waals surface area contributed by atoms with Crippen molar-refractivity contribution < 1.29 is 4.79 Å². The molecule has 1 rings (SSSR count). The van der Waals surface area contributed by atoms with Crippen LogP contribution in [0.1, 0.15) is 19.4 Å². The number of halogens is 1. The van der Waals surface area contributed by atoms with Crippen LogP contribution in [0.25, 0.3) is 0 Å². The fourth-order valence-corrected chi connectivity index (χ4v) is 1.83. The molecule has 1 heterocycles. The highest BCUT2D eigenvalue weighted by molar-refractivity contribution is 9.10. The van der Waals surface area contributed by atoms with Crippen LogP contribution < -0.4 is 16.6 Å². The smallest absolute Gasteiger partial charge is 0.265 e. The minimum atomic E-state index is -0.254. The van der Waals surface area contributed by atoms with Gasteiger partial charge in [-0.15, -0.1) is 0 Å². The number of nitrogens with one attached hydrogen (secondary N) is 1. The number of pyridine rings is 1. The van der Waals surface area contributed by atoms with Crippen LogP contribution in [0.5, 0.6) is 0 Å². The van der Waals surface area contributed by atoms with Crippen molar-refractivity contribution in [3.8, 4) is 0 Å². The Morgan fingerprint density at radius 1 is 1.59 bits per heavy atom. The van der Waals surface area contributed by atoms with Gasteiger partial charge in [-0.1, -0.05) is 0 Å². The van der Waals surface area contributed by atoms with Gasteiger partial charge < -0.3 is 15.6 Å². The molecule has 0 saturated heterocycles. The standard InChI is InChI=1S/C11H16BrN3O2/c1-6(2)14-9(16)5-15-4-8(13)7(3)10(12)11(15)17/h4,6H,5,13H2,1-3H3,(H,14,16). The monoisotopic (exact) mass is 301 g/mol. The van der Waals surface area contributed by atoms with Crippen LogP contribution in [-0.2, 0) is 11.3 Å². The van der Waals surface area contributed by atoms with Gasteiger partial charge in [-0.25, -0.2) is 0 Å². The van der Waals surface area contributed by atoms with Crippen LogP contribution in [0.3, 0.4) is 0 Å². The van der Waals surface area contributed by atoms with Crippen molar-refractivity contribution in [1.29, 1.82) is 0 Å². The molecular formula is C11H16BrN3O2. The second-order valence-corrected chi connectivity index (χ2v) is 4.97. The third-order valence-electron chi connectivity index (χ3n) is 2.27. The van der Waals surface area contributed by atoms with E-state index in [2.05, 4.69) is 21.2 Å². The van der Waals surface area contributed by atoms with E-state index >= 15 is 0 Å². The van der Waals surface area contributed by atoms with Gasteiger partial charge in [0, 0.05) is 12.2 Å². The fraction of sp³-hybridized carbons (Fsp3) is 0.455. The summed E-state index contributed by atoms with van der Waals surface area (Å²) in [7, 11) is 0. The molecule has 0 atom stereocenters. The molecular weight excluding hydrogens is 286 g/mol. The third kappa shape index (κ3) is 3.33. The van der Waals surface area contributed by atoms with Crippen LogP contribution >= 0.6 is 15.9 Å². The Balaban J connectivity index is 3.01. The SMILES string of the molecule is Cc1c(N)cn(CC(=O)NC(C)C)c(=O)c1Br. The number of carbonyl (C=O) groups is 1. The van der Waals surface area contributed by atoms with Crippen molar-refractivity contribution >= 4 is 27.5 Å². The summed E-state index contributed by atoms with van der Waals surface area (Å²) < 4.78 is 1.69. The molecule has 94 valence electrons. The molecule has 17 heavy (non-hydrogen) atoms. The number of aromatic nitrogens is 1. The molecule has 0 radical (unpaired) electrons. The second kappa shape index (κ2) is 5.35. The Labute approximate surface area is 108 Å². The lowest BCUT2D eigenvalue weighted by atomic mass is 10.2. The fourth-order valence-electron chi connectivity index (χ4n) is 1.38. The van der Waals surface area contributed by atoms with Crippen LogP contribution in [0.2, 0.25) is 0 Å². The number of carbonyl (C=O) groups excluding carboxylic acids is 1. The number of rotatable bonds is 3. The van der Waals surface area contributed by atoms with Gasteiger partial charge in [0.1, 0.15) is 6.54 Å². The van der Waals surface area contributed by atoms with E-state index in [-0.39, 0.29) is 24.1 Å². The molecule has 0 unspecified atom stereocenters. The number of nitrogen functional groups attached to an aromatic ring is 1. The zero-order valence-electron chi connectivity index (χ0n) is 10.1. The van der Waals surface area contributed by atoms with Crippen molar-refractivity contribution in [2.45, 2.75) is 33.4 Å². The Morgan fingerprint density at radius 2 is 2.18 bits per heavy atom. The van der Waals surface area contributed by atoms with Gasteiger partial charge in [-0.2, -0.15) is 0 Å². The summed E-state index contributed by atoms with van der Waals surface area (Å²) >= 11 is 3.18. The summed E-state index contributed by atoms with van der Waals surface area (Å²) in [6.07, 6.45) is 1.49. The van der Waals surface area contributed by atoms with Crippen molar-refractivity contribution in [3.63, 3.8) is 0 Å². The molecule has 5 nitrogen and oxygen atoms in total. The van der Waals surface area contributed by atoms with E-state index in [1.54, 1.807) is 6.92 Å². The minimum absolute atomic E-state index is 0.0277. The maximum absolute atomic E-state index is 11.8. The Kier molecular flexibility index (Phi) is 4.34. The second-order valence-electron chi connectivity index (χ2n) is 4.18. The number of hydrogen-bond acceptors (Lipinski definition) is 3. The molecule has 0 spiro atoms. The highest BCUT2D eigenvalue weighted by Gasteiger charge is 2.11. The number of anilines is 1. The van der Waals surface area contributed by atoms with E-state index < -0.39 is 0 Å². The first-order chi connectivity index (χ1) is 7.82. The van der Waals surface area contributed by atoms with Crippen LogP contribution in [0.4, 0.5) is 5.69 Å². The molecule has 3 N–H and O–H groups in total. The maximum Gasteiger partial charge on any atom is 0.265 e. The molecule has 6 heteroatoms. The summed E-state index contributed by atoms with van der Waals surface area (Å²) in [5.74, 6) is -0.211. The van der Waals surface area contributed by atoms with E-state index in [4.69, 9.17) is 5.73 Å². The van der Waals surface area contributed by atoms with E-state index in [0.717, 1.165) is 0 Å². The van der Waals surface area contributed by atoms with Crippen LogP contribution in [0, 0.1) is 6.92 Å². The quantitative estimate of drug-likeness (QED) is 0.875. The predicted molar refractivity (Wildman–Crippen MR) is 70.8 cm³/mol. The van der Waals surface area contributed by atoms with Gasteiger partial charge in [0.25, 0.3) is 5.56 Å². The number of nitrogens with two attached hydrogens (primary N) is 1. The van der Waals surface area contributed by atoms with Gasteiger partial charge in [-0.05, 0) is 42.3 Å². The zero-order chi connectivity index (χ0) is 13.2. The van der Waals surface area contributed by atoms with Gasteiger partial charge in [0.2, 0.25) is 5.91 Å². The lowest BCUT2D eigenvalue weighted by Crippen LogP contribution is -2.36. The molecule has 0 fully saturated rings. The van der Waals surface area contributed by atoms with Crippen molar-refractivity contribution in [1.82, 2.24) is 9.88 Å². The van der Waals surface area contributed by atoms with Gasteiger partial charge in [0.15, 0.2) is 0 Å². The molecule has 1 amide bonds. The summed E-state index contributed by atoms with van der Waals surface area (Å²) in [5, 5.41) is 2.72. The Hall–Kier alpha value is -1.30. The first-order valence-corrected chi connectivity index (χ1v) is 6.06. The zero-order valence-corrected chi connectivity index (χ0v) is 11.7. The lowest BCUT2D eigenvalue weighted by molar-refractivity contribution is -0.122. The largest absolute Gasteiger partial charge is 0.397 e. The molecule has 0 saturated carbocycles. The maximum atomic E-state index is 11.8. The molecule has 0 bridgehead atoms. The number of hydrogen-bond donors (Lipinski definition) is 2. The van der Waals surface area contributed by atoms with Gasteiger partial charge in [0.05, 0.1) is 10.2 Å². The Bertz CT molecular complexity index is 494. The summed E-state index contributed by atoms with van der Waals surface area (Å²) in [4.78, 5) is 23.4. The highest BCUT2D eigenvalue weighted by Crippen LogP contribution is 2.16. The minimum Gasteiger partial charge on any atom is -0.397 e. The lowest BCUT2D eigenvalue weighted by Gasteiger charge is -2.12. The molecule has 0 aliphatic carbocycles. The molecule has 0 aromatic carbocycles. The Morgan fingerprint density at radius 3 is 2.71 bits per heavy atom. The normalized spacial score (nSPS) is 10.6. The number of nitrogens with zero attached hydrogens (tertiary/aromatic N) is 1. The van der Waals surface area contributed by atoms with E-state index in [0.29, 0.717) is 15.7 Å². The molecule has 1 aromatic rings. The first kappa shape index (κ1) is 13.8. The van der Waals surface area contributed by atoms with Gasteiger partial charge >= 0.3 is 0 Å². The highest BCUT2D eigenvalue weighted by atomic mass is 79.9. The van der Waals surface area contributed by atoms with E-state index in [1.165, 1.54) is 10.8 Å². The van der Waals surface area contributed by atoms with Crippen molar-refractivity contribution in [2.24, 2.45) is 0 Å². The molecule has 0 aliphatic heterocycles. The number of amides is 1. The average molecular weight is 302 g/mol.